The Hall–Kier alpha value is -2.41. The second-order valence-corrected chi connectivity index (χ2v) is 6.47. The van der Waals surface area contributed by atoms with E-state index in [9.17, 15) is 14.4 Å². The van der Waals surface area contributed by atoms with Crippen molar-refractivity contribution in [3.63, 3.8) is 0 Å². The predicted octanol–water partition coefficient (Wildman–Crippen LogP) is 1.02. The van der Waals surface area contributed by atoms with Crippen molar-refractivity contribution in [1.82, 2.24) is 9.80 Å². The lowest BCUT2D eigenvalue weighted by atomic mass is 9.97. The minimum Gasteiger partial charge on any atom is -0.466 e. The average Bonchev–Trinajstić information content (AvgIpc) is 2.67. The molecule has 0 unspecified atom stereocenters. The molecule has 0 aromatic heterocycles. The van der Waals surface area contributed by atoms with Crippen molar-refractivity contribution < 1.29 is 19.1 Å². The Balaban J connectivity index is 1.85. The van der Waals surface area contributed by atoms with Gasteiger partial charge in [0.2, 0.25) is 5.91 Å². The van der Waals surface area contributed by atoms with Gasteiger partial charge in [-0.15, -0.1) is 0 Å². The molecule has 0 atom stereocenters. The highest BCUT2D eigenvalue weighted by Gasteiger charge is 2.29. The van der Waals surface area contributed by atoms with Crippen LogP contribution in [0.5, 0.6) is 0 Å². The van der Waals surface area contributed by atoms with Gasteiger partial charge in [0.1, 0.15) is 0 Å². The molecule has 26 heavy (non-hydrogen) atoms. The summed E-state index contributed by atoms with van der Waals surface area (Å²) in [5, 5.41) is 0. The minimum absolute atomic E-state index is 0.0154. The molecule has 2 N–H and O–H groups in total. The maximum atomic E-state index is 12.4. The number of esters is 1. The van der Waals surface area contributed by atoms with Gasteiger partial charge in [-0.2, -0.15) is 0 Å². The van der Waals surface area contributed by atoms with Crippen LogP contribution in [0.15, 0.2) is 24.3 Å². The summed E-state index contributed by atoms with van der Waals surface area (Å²) in [7, 11) is 1.61. The average molecular weight is 361 g/mol. The summed E-state index contributed by atoms with van der Waals surface area (Å²) in [6.07, 6.45) is 1.20. The Morgan fingerprint density at radius 2 is 1.81 bits per heavy atom. The first kappa shape index (κ1) is 19.9. The van der Waals surface area contributed by atoms with Crippen LogP contribution in [0.2, 0.25) is 0 Å². The van der Waals surface area contributed by atoms with Gasteiger partial charge in [-0.3, -0.25) is 14.4 Å². The van der Waals surface area contributed by atoms with Gasteiger partial charge in [0.15, 0.2) is 0 Å². The van der Waals surface area contributed by atoms with Gasteiger partial charge in [0, 0.05) is 32.2 Å². The predicted molar refractivity (Wildman–Crippen MR) is 97.2 cm³/mol. The van der Waals surface area contributed by atoms with Gasteiger partial charge >= 0.3 is 5.97 Å². The molecule has 142 valence electrons. The van der Waals surface area contributed by atoms with Crippen molar-refractivity contribution in [3.05, 3.63) is 35.4 Å². The molecule has 7 nitrogen and oxygen atoms in total. The van der Waals surface area contributed by atoms with Crippen molar-refractivity contribution >= 4 is 17.8 Å². The number of piperidine rings is 1. The lowest BCUT2D eigenvalue weighted by molar-refractivity contribution is -0.151. The zero-order chi connectivity index (χ0) is 19.1. The molecule has 7 heteroatoms. The number of likely N-dealkylation sites (tertiary alicyclic amines) is 1. The molecular weight excluding hydrogens is 334 g/mol. The second kappa shape index (κ2) is 9.33. The monoisotopic (exact) mass is 361 g/mol. The van der Waals surface area contributed by atoms with E-state index in [1.165, 1.54) is 4.90 Å². The molecule has 1 saturated heterocycles. The molecule has 2 amide bonds. The molecule has 1 aromatic rings. The number of hydrogen-bond donors (Lipinski definition) is 1. The molecule has 1 aliphatic rings. The first-order chi connectivity index (χ1) is 12.5. The lowest BCUT2D eigenvalue weighted by Crippen LogP contribution is -2.45. The van der Waals surface area contributed by atoms with E-state index in [1.54, 1.807) is 31.0 Å². The van der Waals surface area contributed by atoms with E-state index in [2.05, 4.69) is 0 Å². The van der Waals surface area contributed by atoms with Crippen molar-refractivity contribution in [1.29, 1.82) is 0 Å². The summed E-state index contributed by atoms with van der Waals surface area (Å²) in [6, 6.07) is 7.05. The molecule has 0 aliphatic carbocycles. The van der Waals surface area contributed by atoms with E-state index in [-0.39, 0.29) is 30.2 Å². The molecule has 0 radical (unpaired) electrons. The van der Waals surface area contributed by atoms with E-state index in [1.807, 2.05) is 12.1 Å². The molecule has 1 heterocycles. The number of benzene rings is 1. The quantitative estimate of drug-likeness (QED) is 0.764. The van der Waals surface area contributed by atoms with E-state index in [4.69, 9.17) is 10.5 Å². The van der Waals surface area contributed by atoms with Crippen LogP contribution in [0.4, 0.5) is 0 Å². The molecule has 1 aliphatic heterocycles. The van der Waals surface area contributed by atoms with Gasteiger partial charge in [-0.25, -0.2) is 0 Å². The van der Waals surface area contributed by atoms with Crippen LogP contribution < -0.4 is 5.73 Å². The fraction of sp³-hybridized carbons (Fsp3) is 0.526. The zero-order valence-corrected chi connectivity index (χ0v) is 15.4. The van der Waals surface area contributed by atoms with Crippen LogP contribution in [-0.2, 0) is 20.9 Å². The smallest absolute Gasteiger partial charge is 0.309 e. The third kappa shape index (κ3) is 5.05. The zero-order valence-electron chi connectivity index (χ0n) is 15.4. The largest absolute Gasteiger partial charge is 0.466 e. The first-order valence-electron chi connectivity index (χ1n) is 8.95. The number of nitrogens with zero attached hydrogens (tertiary/aromatic N) is 2. The number of ether oxygens (including phenoxy) is 1. The maximum Gasteiger partial charge on any atom is 0.309 e. The van der Waals surface area contributed by atoms with Crippen LogP contribution in [0.1, 0.15) is 35.7 Å². The summed E-state index contributed by atoms with van der Waals surface area (Å²) in [6.45, 7) is 3.61. The highest BCUT2D eigenvalue weighted by molar-refractivity contribution is 5.96. The Labute approximate surface area is 154 Å². The number of nitrogens with two attached hydrogens (primary N) is 1. The number of amides is 2. The van der Waals surface area contributed by atoms with E-state index >= 15 is 0 Å². The summed E-state index contributed by atoms with van der Waals surface area (Å²) in [5.41, 5.74) is 7.03. The highest BCUT2D eigenvalue weighted by atomic mass is 16.5. The van der Waals surface area contributed by atoms with Crippen molar-refractivity contribution in [2.45, 2.75) is 26.3 Å². The first-order valence-corrected chi connectivity index (χ1v) is 8.95. The van der Waals surface area contributed by atoms with Crippen LogP contribution >= 0.6 is 0 Å². The molecule has 2 rings (SSSR count). The van der Waals surface area contributed by atoms with Gasteiger partial charge in [0.25, 0.3) is 5.91 Å². The molecule has 0 spiro atoms. The fourth-order valence-corrected chi connectivity index (χ4v) is 3.00. The van der Waals surface area contributed by atoms with E-state index in [0.717, 1.165) is 5.56 Å². The Kier molecular flexibility index (Phi) is 7.15. The summed E-state index contributed by atoms with van der Waals surface area (Å²) in [5.74, 6) is -0.641. The van der Waals surface area contributed by atoms with Crippen LogP contribution in [0.3, 0.4) is 0 Å². The Morgan fingerprint density at radius 3 is 2.35 bits per heavy atom. The number of carbonyl (C=O) groups excluding carboxylic acids is 3. The molecule has 0 saturated carbocycles. The SMILES string of the molecule is CCOC(=O)C1CCN(C(=O)CN(C)C(=O)c2ccc(CN)cc2)CC1. The van der Waals surface area contributed by atoms with Crippen molar-refractivity contribution in [3.8, 4) is 0 Å². The Morgan fingerprint density at radius 1 is 1.19 bits per heavy atom. The standard InChI is InChI=1S/C19H27N3O4/c1-3-26-19(25)16-8-10-22(11-9-16)17(23)13-21(2)18(24)15-6-4-14(12-20)5-7-15/h4-7,16H,3,8-13,20H2,1-2H3. The normalized spacial score (nSPS) is 14.8. The summed E-state index contributed by atoms with van der Waals surface area (Å²) < 4.78 is 5.04. The molecule has 0 bridgehead atoms. The second-order valence-electron chi connectivity index (χ2n) is 6.47. The van der Waals surface area contributed by atoms with Crippen molar-refractivity contribution in [2.24, 2.45) is 11.7 Å². The van der Waals surface area contributed by atoms with Gasteiger partial charge in [-0.05, 0) is 37.5 Å². The fourth-order valence-electron chi connectivity index (χ4n) is 3.00. The number of likely N-dealkylation sites (N-methyl/N-ethyl adjacent to an activating group) is 1. The third-order valence-electron chi connectivity index (χ3n) is 4.62. The minimum atomic E-state index is -0.205. The molecular formula is C19H27N3O4. The van der Waals surface area contributed by atoms with Crippen LogP contribution in [0.25, 0.3) is 0 Å². The molecule has 1 aromatic carbocycles. The number of rotatable bonds is 6. The maximum absolute atomic E-state index is 12.4. The number of carbonyl (C=O) groups is 3. The third-order valence-corrected chi connectivity index (χ3v) is 4.62. The number of hydrogen-bond acceptors (Lipinski definition) is 5. The summed E-state index contributed by atoms with van der Waals surface area (Å²) in [4.78, 5) is 39.8. The topological polar surface area (TPSA) is 92.9 Å². The van der Waals surface area contributed by atoms with Crippen LogP contribution in [0, 0.1) is 5.92 Å². The van der Waals surface area contributed by atoms with Gasteiger partial charge < -0.3 is 20.3 Å². The summed E-state index contributed by atoms with van der Waals surface area (Å²) >= 11 is 0. The van der Waals surface area contributed by atoms with E-state index in [0.29, 0.717) is 44.6 Å². The van der Waals surface area contributed by atoms with Gasteiger partial charge in [0.05, 0.1) is 19.1 Å². The molecule has 1 fully saturated rings. The van der Waals surface area contributed by atoms with E-state index < -0.39 is 0 Å². The highest BCUT2D eigenvalue weighted by Crippen LogP contribution is 2.19. The van der Waals surface area contributed by atoms with Crippen LogP contribution in [-0.4, -0.2) is 60.9 Å². The van der Waals surface area contributed by atoms with Gasteiger partial charge in [-0.1, -0.05) is 12.1 Å². The Bertz CT molecular complexity index is 637. The lowest BCUT2D eigenvalue weighted by Gasteiger charge is -2.32. The van der Waals surface area contributed by atoms with Crippen molar-refractivity contribution in [2.75, 3.05) is 33.3 Å².